The number of guanidine groups is 2. The number of benzene rings is 1. The number of pyridine rings is 5. The number of carbonyl (C=O) groups is 4. The van der Waals surface area contributed by atoms with Gasteiger partial charge in [-0.15, -0.1) is 51.8 Å². The van der Waals surface area contributed by atoms with Crippen LogP contribution < -0.4 is 11.5 Å². The number of nitrogens with two attached hydrogens (primary N) is 2. The molecule has 2 saturated heterocycles. The third-order valence-electron chi connectivity index (χ3n) is 20.3. The van der Waals surface area contributed by atoms with Gasteiger partial charge in [-0.1, -0.05) is 49.7 Å². The van der Waals surface area contributed by atoms with Gasteiger partial charge in [0.05, 0.1) is 45.6 Å². The highest BCUT2D eigenvalue weighted by atomic mass is 32.1. The number of rotatable bonds is 10. The summed E-state index contributed by atoms with van der Waals surface area (Å²) in [6, 6.07) is 25.9. The number of amides is 4. The standard InChI is InChI=1S/C27H23N3O2S.C22H23N5O.2C18H18N4OS/c1-4-5-17-10-20(15-29-14-17)21-12-23(33-16-21)27(2)13-24(28)30(3)26(31)25(27)19-7-6-18-8-9-32-22(18)11-19;1-4-5-14-10-16(13-24-12-14)18-11-17(8-9-25-18)22(2)19(15-6-7-15)20(28)27(3)21(23)26-22;1-4-5-12-6-13(10-20-9-12)14-11-21-17(24-14)18(2)7-15(19)22(3)16(23)8-18;1-4-5-14-8-12(6-7-20-14)13-9-15(24-11-13)18(2)10-16(23)22(3)17(19)21-18/h6-12,14-16,25,28H,13H2,1-3H3;8-13,15,19H,6-7H2,1-3H3,(H2,23,26);6,9-11,19H,7-8H2,1-3H3;6-9,11H,10H2,1-3H3,(H2,19,21)/t25?,27-;19-,22+;2*18-/m1000/s1. The van der Waals surface area contributed by atoms with Crippen LogP contribution in [0.3, 0.4) is 0 Å². The van der Waals surface area contributed by atoms with E-state index in [0.717, 1.165) is 116 Å². The lowest BCUT2D eigenvalue weighted by Gasteiger charge is -2.44. The van der Waals surface area contributed by atoms with Crippen molar-refractivity contribution in [1.29, 1.82) is 10.8 Å². The van der Waals surface area contributed by atoms with Gasteiger partial charge < -0.3 is 25.7 Å². The van der Waals surface area contributed by atoms with Crippen molar-refractivity contribution in [3.8, 4) is 91.3 Å². The zero-order valence-electron chi connectivity index (χ0n) is 62.7. The Morgan fingerprint density at radius 1 is 0.541 bits per heavy atom. The second kappa shape index (κ2) is 31.8. The molecular formula is C85H82N16O5S3. The van der Waals surface area contributed by atoms with Gasteiger partial charge in [0.1, 0.15) is 28.5 Å². The largest absolute Gasteiger partial charge is 0.464 e. The van der Waals surface area contributed by atoms with Gasteiger partial charge in [0, 0.05) is 163 Å². The van der Waals surface area contributed by atoms with E-state index in [2.05, 4.69) is 112 Å². The van der Waals surface area contributed by atoms with Crippen LogP contribution in [0.1, 0.15) is 148 Å². The number of piperidine rings is 2. The highest BCUT2D eigenvalue weighted by molar-refractivity contribution is 7.15. The minimum Gasteiger partial charge on any atom is -0.464 e. The van der Waals surface area contributed by atoms with Crippen molar-refractivity contribution < 1.29 is 23.6 Å². The molecule has 9 aromatic heterocycles. The average Bonchev–Trinajstić information content (AvgIpc) is 1.72. The Balaban J connectivity index is 0.000000137. The van der Waals surface area contributed by atoms with Crippen LogP contribution in [-0.2, 0) is 41.1 Å². The molecule has 6 N–H and O–H groups in total. The minimum atomic E-state index is -0.708. The van der Waals surface area contributed by atoms with E-state index < -0.39 is 27.8 Å². The molecule has 1 unspecified atom stereocenters. The highest BCUT2D eigenvalue weighted by Crippen LogP contribution is 2.52. The number of nitrogens with zero attached hydrogens (tertiary/aromatic N) is 12. The summed E-state index contributed by atoms with van der Waals surface area (Å²) >= 11 is 4.76. The first kappa shape index (κ1) is 76.6. The van der Waals surface area contributed by atoms with E-state index in [-0.39, 0.29) is 41.5 Å². The third-order valence-corrected chi connectivity index (χ3v) is 24.1. The Morgan fingerprint density at radius 3 is 1.80 bits per heavy atom. The van der Waals surface area contributed by atoms with Crippen LogP contribution in [0.4, 0.5) is 0 Å². The van der Waals surface area contributed by atoms with Crippen LogP contribution in [0.5, 0.6) is 0 Å². The Bertz CT molecular complexity index is 5580. The predicted molar refractivity (Wildman–Crippen MR) is 431 cm³/mol. The molecule has 550 valence electrons. The lowest BCUT2D eigenvalue weighted by molar-refractivity contribution is -0.135. The summed E-state index contributed by atoms with van der Waals surface area (Å²) in [5.41, 5.74) is 22.4. The number of fused-ring (bicyclic) bond motifs is 1. The first-order valence-electron chi connectivity index (χ1n) is 35.3. The van der Waals surface area contributed by atoms with Gasteiger partial charge in [-0.3, -0.25) is 59.7 Å². The normalized spacial score (nSPS) is 21.6. The number of amidine groups is 2. The number of hydrogen-bond donors (Lipinski definition) is 4. The summed E-state index contributed by atoms with van der Waals surface area (Å²) < 4.78 is 5.62. The molecule has 0 bridgehead atoms. The molecule has 1 saturated carbocycles. The lowest BCUT2D eigenvalue weighted by Crippen LogP contribution is -2.54. The van der Waals surface area contributed by atoms with E-state index in [0.29, 0.717) is 43.3 Å². The van der Waals surface area contributed by atoms with E-state index in [4.69, 9.17) is 31.7 Å². The molecule has 24 heteroatoms. The molecule has 4 aliphatic heterocycles. The van der Waals surface area contributed by atoms with Crippen molar-refractivity contribution in [3.05, 3.63) is 200 Å². The molecule has 3 fully saturated rings. The van der Waals surface area contributed by atoms with Crippen LogP contribution in [0.15, 0.2) is 166 Å². The molecule has 6 atom stereocenters. The first-order chi connectivity index (χ1) is 52.2. The maximum Gasteiger partial charge on any atom is 0.236 e. The second-order valence-corrected chi connectivity index (χ2v) is 31.1. The molecule has 13 heterocycles. The smallest absolute Gasteiger partial charge is 0.236 e. The molecule has 0 spiro atoms. The number of thiophene rings is 2. The molecular weight excluding hydrogens is 1420 g/mol. The van der Waals surface area contributed by atoms with Crippen molar-refractivity contribution in [2.24, 2.45) is 33.3 Å². The molecule has 10 aromatic rings. The van der Waals surface area contributed by atoms with Gasteiger partial charge in [0.15, 0.2) is 11.9 Å². The summed E-state index contributed by atoms with van der Waals surface area (Å²) in [5.74, 6) is 24.4. The SMILES string of the molecule is CC#Cc1cc(-c2csc([C@]3(C)CC(=O)N(C)C(N)=N3)c2)ccn1.CC#Cc1cncc(-c2cc([C@@]3(C)N=C(N)N(C)C(=O)[C@@H]3C3CC3)ccn2)c1.CC#Cc1cncc(-c2cnc([C@@]3(C)CC(=N)N(C)C(=O)C3)s2)c1.CC#Cc1cncc(-c2csc([C@@]3(C)CC(=N)N(C)C(=O)C3c3ccc4ccoc4c3)c2)c1. The third kappa shape index (κ3) is 16.2. The number of hydrogen-bond acceptors (Lipinski definition) is 20. The zero-order chi connectivity index (χ0) is 77.7. The fourth-order valence-electron chi connectivity index (χ4n) is 14.0. The minimum absolute atomic E-state index is 0.0237. The average molecular weight is 1500 g/mol. The second-order valence-electron chi connectivity index (χ2n) is 28.3. The molecule has 5 aliphatic rings. The van der Waals surface area contributed by atoms with Gasteiger partial charge in [-0.2, -0.15) is 0 Å². The van der Waals surface area contributed by atoms with Gasteiger partial charge in [-0.05, 0) is 172 Å². The molecule has 109 heavy (non-hydrogen) atoms. The fraction of sp³-hybridized carbons (Fsp3) is 0.294. The number of thiazole rings is 1. The Labute approximate surface area is 646 Å². The molecule has 21 nitrogen and oxygen atoms in total. The van der Waals surface area contributed by atoms with E-state index in [1.807, 2.05) is 107 Å². The van der Waals surface area contributed by atoms with Gasteiger partial charge in [0.2, 0.25) is 23.6 Å². The van der Waals surface area contributed by atoms with Crippen LogP contribution in [-0.4, -0.2) is 125 Å². The maximum atomic E-state index is 13.5. The summed E-state index contributed by atoms with van der Waals surface area (Å²) in [6.45, 7) is 15.2. The molecule has 4 amide bonds. The summed E-state index contributed by atoms with van der Waals surface area (Å²) in [7, 11) is 6.69. The Hall–Kier alpha value is -12.1. The Morgan fingerprint density at radius 2 is 1.14 bits per heavy atom. The van der Waals surface area contributed by atoms with E-state index in [9.17, 15) is 19.2 Å². The van der Waals surface area contributed by atoms with Gasteiger partial charge in [-0.25, -0.2) is 20.0 Å². The number of likely N-dealkylation sites (tertiary alicyclic amines) is 2. The summed E-state index contributed by atoms with van der Waals surface area (Å²) in [5, 5.41) is 22.6. The van der Waals surface area contributed by atoms with Crippen molar-refractivity contribution in [1.82, 2.24) is 49.5 Å². The number of aromatic nitrogens is 6. The molecule has 0 radical (unpaired) electrons. The van der Waals surface area contributed by atoms with Crippen LogP contribution in [0.2, 0.25) is 0 Å². The molecule has 1 aromatic carbocycles. The van der Waals surface area contributed by atoms with Crippen molar-refractivity contribution >= 4 is 92.2 Å². The number of nitrogens with one attached hydrogen (secondary N) is 2. The quantitative estimate of drug-likeness (QED) is 0.0927. The molecule has 15 rings (SSSR count). The van der Waals surface area contributed by atoms with E-state index in [1.54, 1.807) is 133 Å². The lowest BCUT2D eigenvalue weighted by atomic mass is 9.67. The highest BCUT2D eigenvalue weighted by Gasteiger charge is 2.54. The van der Waals surface area contributed by atoms with Crippen molar-refractivity contribution in [2.45, 2.75) is 122 Å². The topological polar surface area (TPSA) is 296 Å². The van der Waals surface area contributed by atoms with E-state index >= 15 is 0 Å². The number of likely N-dealkylation sites (N-methyl/N-ethyl adjacent to an activating group) is 1. The van der Waals surface area contributed by atoms with Gasteiger partial charge in [0.25, 0.3) is 0 Å². The fourth-order valence-corrected chi connectivity index (χ4v) is 17.2. The summed E-state index contributed by atoms with van der Waals surface area (Å²) in [4.78, 5) is 95.1. The summed E-state index contributed by atoms with van der Waals surface area (Å²) in [6.07, 6.45) is 21.4. The molecule has 1 aliphatic carbocycles. The number of carbonyl (C=O) groups excluding carboxylic acids is 4. The van der Waals surface area contributed by atoms with Crippen LogP contribution in [0, 0.1) is 70.0 Å². The number of furan rings is 1. The first-order valence-corrected chi connectivity index (χ1v) is 37.8. The number of aliphatic imine (C=N–C) groups is 2. The monoisotopic (exact) mass is 1500 g/mol. The van der Waals surface area contributed by atoms with Crippen LogP contribution in [0.25, 0.3) is 54.9 Å². The van der Waals surface area contributed by atoms with Gasteiger partial charge >= 0.3 is 0 Å². The van der Waals surface area contributed by atoms with Crippen LogP contribution >= 0.6 is 34.0 Å². The van der Waals surface area contributed by atoms with E-state index in [1.165, 1.54) is 19.6 Å². The van der Waals surface area contributed by atoms with Crippen molar-refractivity contribution in [3.63, 3.8) is 0 Å². The predicted octanol–water partition coefficient (Wildman–Crippen LogP) is 14.0. The van der Waals surface area contributed by atoms with Crippen molar-refractivity contribution in [2.75, 3.05) is 28.2 Å². The maximum absolute atomic E-state index is 13.5. The zero-order valence-corrected chi connectivity index (χ0v) is 65.1. The Kier molecular flexibility index (Phi) is 22.3.